The summed E-state index contributed by atoms with van der Waals surface area (Å²) in [5.74, 6) is 0.457. The number of ether oxygens (including phenoxy) is 1. The summed E-state index contributed by atoms with van der Waals surface area (Å²) >= 11 is 6.15. The molecule has 33 heavy (non-hydrogen) atoms. The van der Waals surface area contributed by atoms with Gasteiger partial charge in [0.05, 0.1) is 23.6 Å². The van der Waals surface area contributed by atoms with Crippen molar-refractivity contribution < 1.29 is 13.9 Å². The van der Waals surface area contributed by atoms with Crippen LogP contribution in [-0.4, -0.2) is 12.5 Å². The number of nitrogens with zero attached hydrogens (tertiary/aromatic N) is 1. The van der Waals surface area contributed by atoms with Gasteiger partial charge >= 0.3 is 0 Å². The molecule has 5 nitrogen and oxygen atoms in total. The summed E-state index contributed by atoms with van der Waals surface area (Å²) in [4.78, 5) is 28.9. The average Bonchev–Trinajstić information content (AvgIpc) is 3.11. The number of anilines is 1. The van der Waals surface area contributed by atoms with E-state index in [0.717, 1.165) is 23.3 Å². The first-order chi connectivity index (χ1) is 16.0. The second-order valence-corrected chi connectivity index (χ2v) is 8.59. The van der Waals surface area contributed by atoms with Gasteiger partial charge in [0, 0.05) is 10.7 Å². The van der Waals surface area contributed by atoms with Crippen molar-refractivity contribution in [2.45, 2.75) is 26.3 Å². The fourth-order valence-corrected chi connectivity index (χ4v) is 4.44. The van der Waals surface area contributed by atoms with Gasteiger partial charge in [-0.15, -0.1) is 0 Å². The van der Waals surface area contributed by atoms with Crippen LogP contribution in [0.2, 0.25) is 5.02 Å². The number of hydrogen-bond donors (Lipinski definition) is 0. The number of fused-ring (bicyclic) bond motifs is 2. The SMILES string of the molecule is CCCOc1ccc(C2c3c(oc4ccc(Cl)cc4c3=O)C(=O)N2c2cccc(C)c2)cc1. The number of carbonyl (C=O) groups is 1. The highest BCUT2D eigenvalue weighted by Crippen LogP contribution is 2.41. The zero-order valence-electron chi connectivity index (χ0n) is 18.3. The Hall–Kier alpha value is -3.57. The lowest BCUT2D eigenvalue weighted by atomic mass is 9.98. The van der Waals surface area contributed by atoms with Crippen molar-refractivity contribution in [3.63, 3.8) is 0 Å². The van der Waals surface area contributed by atoms with E-state index in [1.54, 1.807) is 23.1 Å². The van der Waals surface area contributed by atoms with Crippen molar-refractivity contribution in [2.75, 3.05) is 11.5 Å². The van der Waals surface area contributed by atoms with Gasteiger partial charge in [0.15, 0.2) is 5.43 Å². The zero-order chi connectivity index (χ0) is 23.1. The normalized spacial score (nSPS) is 15.2. The number of carbonyl (C=O) groups excluding carboxylic acids is 1. The summed E-state index contributed by atoms with van der Waals surface area (Å²) in [6.45, 7) is 4.63. The van der Waals surface area contributed by atoms with Gasteiger partial charge in [-0.25, -0.2) is 0 Å². The molecule has 166 valence electrons. The summed E-state index contributed by atoms with van der Waals surface area (Å²) in [7, 11) is 0. The van der Waals surface area contributed by atoms with Crippen LogP contribution in [0.1, 0.15) is 46.6 Å². The molecule has 0 aliphatic carbocycles. The average molecular weight is 460 g/mol. The number of aryl methyl sites for hydroxylation is 1. The Kier molecular flexibility index (Phi) is 5.43. The maximum atomic E-state index is 13.6. The molecule has 5 rings (SSSR count). The Labute approximate surface area is 196 Å². The van der Waals surface area contributed by atoms with E-state index in [1.165, 1.54) is 0 Å². The van der Waals surface area contributed by atoms with E-state index in [9.17, 15) is 9.59 Å². The molecule has 1 atom stereocenters. The van der Waals surface area contributed by atoms with Gasteiger partial charge in [-0.3, -0.25) is 14.5 Å². The molecule has 0 saturated heterocycles. The minimum absolute atomic E-state index is 0.0626. The molecule has 0 spiro atoms. The number of amides is 1. The molecule has 1 aliphatic heterocycles. The van der Waals surface area contributed by atoms with Crippen LogP contribution in [0.4, 0.5) is 5.69 Å². The summed E-state index contributed by atoms with van der Waals surface area (Å²) in [6.07, 6.45) is 0.907. The first kappa shape index (κ1) is 21.3. The third-order valence-corrected chi connectivity index (χ3v) is 6.02. The summed E-state index contributed by atoms with van der Waals surface area (Å²) in [5, 5.41) is 0.789. The van der Waals surface area contributed by atoms with E-state index in [2.05, 4.69) is 0 Å². The molecule has 6 heteroatoms. The molecule has 0 radical (unpaired) electrons. The minimum atomic E-state index is -0.630. The lowest BCUT2D eigenvalue weighted by Crippen LogP contribution is -2.29. The zero-order valence-corrected chi connectivity index (χ0v) is 19.1. The molecule has 1 amide bonds. The number of rotatable bonds is 5. The first-order valence-corrected chi connectivity index (χ1v) is 11.2. The van der Waals surface area contributed by atoms with Crippen molar-refractivity contribution in [1.29, 1.82) is 0 Å². The van der Waals surface area contributed by atoms with Crippen LogP contribution in [-0.2, 0) is 0 Å². The van der Waals surface area contributed by atoms with Crippen LogP contribution in [0.25, 0.3) is 11.0 Å². The third kappa shape index (κ3) is 3.68. The van der Waals surface area contributed by atoms with Gasteiger partial charge in [-0.05, 0) is 66.9 Å². The van der Waals surface area contributed by atoms with Crippen molar-refractivity contribution in [3.8, 4) is 5.75 Å². The quantitative estimate of drug-likeness (QED) is 0.351. The topological polar surface area (TPSA) is 59.8 Å². The van der Waals surface area contributed by atoms with Crippen molar-refractivity contribution in [3.05, 3.63) is 104 Å². The molecular formula is C27H22ClNO4. The van der Waals surface area contributed by atoms with Gasteiger partial charge in [0.25, 0.3) is 5.91 Å². The molecule has 1 unspecified atom stereocenters. The fourth-order valence-electron chi connectivity index (χ4n) is 4.27. The maximum absolute atomic E-state index is 13.6. The molecular weight excluding hydrogens is 438 g/mol. The monoisotopic (exact) mass is 459 g/mol. The van der Waals surface area contributed by atoms with Crippen molar-refractivity contribution in [1.82, 2.24) is 0 Å². The van der Waals surface area contributed by atoms with Gasteiger partial charge in [-0.2, -0.15) is 0 Å². The van der Waals surface area contributed by atoms with Crippen LogP contribution < -0.4 is 15.1 Å². The Balaban J connectivity index is 1.73. The largest absolute Gasteiger partial charge is 0.494 e. The van der Waals surface area contributed by atoms with Gasteiger partial charge in [-0.1, -0.05) is 42.8 Å². The van der Waals surface area contributed by atoms with Crippen LogP contribution in [0.15, 0.2) is 75.9 Å². The van der Waals surface area contributed by atoms with Gasteiger partial charge in [0.2, 0.25) is 5.76 Å². The van der Waals surface area contributed by atoms with Crippen molar-refractivity contribution >= 4 is 34.2 Å². The predicted molar refractivity (Wildman–Crippen MR) is 130 cm³/mol. The fraction of sp³-hybridized carbons (Fsp3) is 0.185. The summed E-state index contributed by atoms with van der Waals surface area (Å²) in [6, 6.07) is 19.4. The molecule has 4 aromatic rings. The van der Waals surface area contributed by atoms with Crippen LogP contribution in [0.3, 0.4) is 0 Å². The van der Waals surface area contributed by atoms with Gasteiger partial charge in [0.1, 0.15) is 11.3 Å². The summed E-state index contributed by atoms with van der Waals surface area (Å²) in [5.41, 5.74) is 2.90. The number of benzene rings is 3. The summed E-state index contributed by atoms with van der Waals surface area (Å²) < 4.78 is 11.7. The second-order valence-electron chi connectivity index (χ2n) is 8.15. The van der Waals surface area contributed by atoms with E-state index >= 15 is 0 Å². The van der Waals surface area contributed by atoms with E-state index in [1.807, 2.05) is 62.4 Å². The Morgan fingerprint density at radius 3 is 2.55 bits per heavy atom. The van der Waals surface area contributed by atoms with Crippen LogP contribution >= 0.6 is 11.6 Å². The Bertz CT molecular complexity index is 1420. The van der Waals surface area contributed by atoms with Crippen molar-refractivity contribution in [2.24, 2.45) is 0 Å². The van der Waals surface area contributed by atoms with E-state index < -0.39 is 6.04 Å². The Morgan fingerprint density at radius 2 is 1.82 bits per heavy atom. The van der Waals surface area contributed by atoms with Crippen LogP contribution in [0, 0.1) is 6.92 Å². The maximum Gasteiger partial charge on any atom is 0.295 e. The molecule has 1 aliphatic rings. The number of hydrogen-bond acceptors (Lipinski definition) is 4. The van der Waals surface area contributed by atoms with E-state index in [4.69, 9.17) is 20.8 Å². The lowest BCUT2D eigenvalue weighted by molar-refractivity contribution is 0.0971. The predicted octanol–water partition coefficient (Wildman–Crippen LogP) is 6.29. The minimum Gasteiger partial charge on any atom is -0.494 e. The smallest absolute Gasteiger partial charge is 0.295 e. The third-order valence-electron chi connectivity index (χ3n) is 5.78. The molecule has 0 fully saturated rings. The standard InChI is InChI=1S/C27H22ClNO4/c1-3-13-32-20-10-7-17(8-11-20)24-23-25(30)21-15-18(28)9-12-22(21)33-26(23)27(31)29(24)19-6-4-5-16(2)14-19/h4-12,14-15,24H,3,13H2,1-2H3. The van der Waals surface area contributed by atoms with E-state index in [-0.39, 0.29) is 17.1 Å². The molecule has 1 aromatic heterocycles. The highest BCUT2D eigenvalue weighted by Gasteiger charge is 2.43. The highest BCUT2D eigenvalue weighted by molar-refractivity contribution is 6.31. The first-order valence-electron chi connectivity index (χ1n) is 10.9. The molecule has 0 bridgehead atoms. The molecule has 0 saturated carbocycles. The molecule has 2 heterocycles. The molecule has 3 aromatic carbocycles. The second kappa shape index (κ2) is 8.41. The van der Waals surface area contributed by atoms with Crippen LogP contribution in [0.5, 0.6) is 5.75 Å². The van der Waals surface area contributed by atoms with E-state index in [0.29, 0.717) is 33.8 Å². The van der Waals surface area contributed by atoms with Gasteiger partial charge < -0.3 is 9.15 Å². The highest BCUT2D eigenvalue weighted by atomic mass is 35.5. The lowest BCUT2D eigenvalue weighted by Gasteiger charge is -2.25. The molecule has 0 N–H and O–H groups in total. The Morgan fingerprint density at radius 1 is 1.03 bits per heavy atom. The number of halogens is 1.